The Kier molecular flexibility index (Phi) is 3.70. The van der Waals surface area contributed by atoms with Gasteiger partial charge < -0.3 is 4.74 Å². The summed E-state index contributed by atoms with van der Waals surface area (Å²) in [6.07, 6.45) is 5.39. The molecular formula is C16H20N2O. The highest BCUT2D eigenvalue weighted by atomic mass is 16.5. The Bertz CT molecular complexity index is 488. The maximum atomic E-state index is 8.72. The minimum atomic E-state index is 0.647. The molecule has 0 N–H and O–H groups in total. The van der Waals surface area contributed by atoms with Gasteiger partial charge in [0.25, 0.3) is 0 Å². The largest absolute Gasteiger partial charge is 0.493 e. The lowest BCUT2D eigenvalue weighted by Crippen LogP contribution is -2.29. The van der Waals surface area contributed by atoms with Crippen LogP contribution < -0.4 is 4.74 Å². The van der Waals surface area contributed by atoms with E-state index in [0.29, 0.717) is 6.42 Å². The number of nitriles is 1. The highest BCUT2D eigenvalue weighted by Crippen LogP contribution is 2.28. The molecule has 1 fully saturated rings. The topological polar surface area (TPSA) is 36.3 Å². The van der Waals surface area contributed by atoms with Gasteiger partial charge in [-0.3, -0.25) is 4.90 Å². The van der Waals surface area contributed by atoms with E-state index in [0.717, 1.165) is 44.3 Å². The third-order valence-corrected chi connectivity index (χ3v) is 4.02. The number of hydrogen-bond donors (Lipinski definition) is 0. The van der Waals surface area contributed by atoms with Crippen molar-refractivity contribution >= 4 is 0 Å². The molecule has 1 saturated carbocycles. The quantitative estimate of drug-likeness (QED) is 0.784. The van der Waals surface area contributed by atoms with E-state index in [-0.39, 0.29) is 0 Å². The van der Waals surface area contributed by atoms with Crippen LogP contribution in [0.25, 0.3) is 0 Å². The molecule has 19 heavy (non-hydrogen) atoms. The zero-order chi connectivity index (χ0) is 13.1. The molecule has 0 radical (unpaired) electrons. The van der Waals surface area contributed by atoms with Crippen molar-refractivity contribution in [2.45, 2.75) is 38.1 Å². The van der Waals surface area contributed by atoms with Crippen molar-refractivity contribution in [3.8, 4) is 11.8 Å². The smallest absolute Gasteiger partial charge is 0.122 e. The second kappa shape index (κ2) is 5.63. The fourth-order valence-electron chi connectivity index (χ4n) is 2.78. The number of nitrogens with zero attached hydrogens (tertiary/aromatic N) is 2. The molecule has 0 bridgehead atoms. The molecule has 2 aliphatic rings. The third kappa shape index (κ3) is 3.08. The van der Waals surface area contributed by atoms with Crippen molar-refractivity contribution in [2.75, 3.05) is 19.7 Å². The summed E-state index contributed by atoms with van der Waals surface area (Å²) >= 11 is 0. The molecule has 3 rings (SSSR count). The normalized spacial score (nSPS) is 17.1. The molecule has 0 unspecified atom stereocenters. The summed E-state index contributed by atoms with van der Waals surface area (Å²) in [6, 6.07) is 9.57. The van der Waals surface area contributed by atoms with Gasteiger partial charge in [0.1, 0.15) is 5.75 Å². The Labute approximate surface area is 114 Å². The molecule has 1 aromatic carbocycles. The van der Waals surface area contributed by atoms with Gasteiger partial charge in [0.2, 0.25) is 0 Å². The fraction of sp³-hybridized carbons (Fsp3) is 0.562. The number of hydrogen-bond acceptors (Lipinski definition) is 3. The monoisotopic (exact) mass is 256 g/mol. The van der Waals surface area contributed by atoms with Gasteiger partial charge in [-0.25, -0.2) is 0 Å². The summed E-state index contributed by atoms with van der Waals surface area (Å²) in [5.74, 6) is 1.06. The summed E-state index contributed by atoms with van der Waals surface area (Å²) in [5, 5.41) is 8.72. The van der Waals surface area contributed by atoms with E-state index in [9.17, 15) is 0 Å². The summed E-state index contributed by atoms with van der Waals surface area (Å²) in [6.45, 7) is 2.83. The second-order valence-corrected chi connectivity index (χ2v) is 5.47. The first-order valence-corrected chi connectivity index (χ1v) is 7.22. The lowest BCUT2D eigenvalue weighted by atomic mass is 10.1. The van der Waals surface area contributed by atoms with Crippen LogP contribution in [0.5, 0.6) is 5.75 Å². The van der Waals surface area contributed by atoms with E-state index in [2.05, 4.69) is 29.2 Å². The van der Waals surface area contributed by atoms with Crippen LogP contribution in [0, 0.1) is 11.3 Å². The first-order chi connectivity index (χ1) is 9.36. The van der Waals surface area contributed by atoms with E-state index in [1.807, 2.05) is 0 Å². The molecule has 0 amide bonds. The molecule has 1 aliphatic heterocycles. The highest BCUT2D eigenvalue weighted by Gasteiger charge is 2.28. The SMILES string of the molecule is N#CCCN(CCc1ccc2c(c1)CCO2)C1CC1. The van der Waals surface area contributed by atoms with Crippen LogP contribution in [0.3, 0.4) is 0 Å². The Hall–Kier alpha value is -1.53. The van der Waals surface area contributed by atoms with Gasteiger partial charge in [-0.1, -0.05) is 12.1 Å². The van der Waals surface area contributed by atoms with Crippen LogP contribution in [-0.2, 0) is 12.8 Å². The summed E-state index contributed by atoms with van der Waals surface area (Å²) in [5.41, 5.74) is 2.75. The van der Waals surface area contributed by atoms with Gasteiger partial charge >= 0.3 is 0 Å². The average molecular weight is 256 g/mol. The number of rotatable bonds is 6. The number of benzene rings is 1. The van der Waals surface area contributed by atoms with Gasteiger partial charge in [0, 0.05) is 32.0 Å². The van der Waals surface area contributed by atoms with Gasteiger partial charge in [0.05, 0.1) is 12.7 Å². The maximum Gasteiger partial charge on any atom is 0.122 e. The zero-order valence-electron chi connectivity index (χ0n) is 11.3. The Morgan fingerprint density at radius 1 is 1.32 bits per heavy atom. The van der Waals surface area contributed by atoms with Crippen LogP contribution in [0.15, 0.2) is 18.2 Å². The van der Waals surface area contributed by atoms with E-state index in [4.69, 9.17) is 10.00 Å². The standard InChI is InChI=1S/C16H20N2O/c17-8-1-9-18(15-3-4-15)10-6-13-2-5-16-14(12-13)7-11-19-16/h2,5,12,15H,1,3-4,6-7,9-11H2. The fourth-order valence-corrected chi connectivity index (χ4v) is 2.78. The molecule has 0 aromatic heterocycles. The molecule has 3 heteroatoms. The molecule has 3 nitrogen and oxygen atoms in total. The van der Waals surface area contributed by atoms with Gasteiger partial charge in [-0.2, -0.15) is 5.26 Å². The van der Waals surface area contributed by atoms with Gasteiger partial charge in [-0.05, 0) is 36.5 Å². The minimum absolute atomic E-state index is 0.647. The maximum absolute atomic E-state index is 8.72. The lowest BCUT2D eigenvalue weighted by molar-refractivity contribution is 0.273. The van der Waals surface area contributed by atoms with Crippen LogP contribution in [0.4, 0.5) is 0 Å². The third-order valence-electron chi connectivity index (χ3n) is 4.02. The molecule has 0 saturated heterocycles. The van der Waals surface area contributed by atoms with Crippen LogP contribution in [0.2, 0.25) is 0 Å². The van der Waals surface area contributed by atoms with Crippen molar-refractivity contribution in [1.29, 1.82) is 5.26 Å². The second-order valence-electron chi connectivity index (χ2n) is 5.47. The number of ether oxygens (including phenoxy) is 1. The van der Waals surface area contributed by atoms with Crippen LogP contribution in [0.1, 0.15) is 30.4 Å². The molecule has 1 aromatic rings. The van der Waals surface area contributed by atoms with Crippen LogP contribution in [-0.4, -0.2) is 30.6 Å². The van der Waals surface area contributed by atoms with Crippen molar-refractivity contribution < 1.29 is 4.74 Å². The van der Waals surface area contributed by atoms with Crippen molar-refractivity contribution in [3.05, 3.63) is 29.3 Å². The zero-order valence-corrected chi connectivity index (χ0v) is 11.3. The van der Waals surface area contributed by atoms with Crippen molar-refractivity contribution in [3.63, 3.8) is 0 Å². The summed E-state index contributed by atoms with van der Waals surface area (Å²) < 4.78 is 5.53. The Morgan fingerprint density at radius 3 is 3.00 bits per heavy atom. The summed E-state index contributed by atoms with van der Waals surface area (Å²) in [4.78, 5) is 2.48. The molecule has 0 spiro atoms. The predicted molar refractivity (Wildman–Crippen MR) is 74.2 cm³/mol. The van der Waals surface area contributed by atoms with E-state index >= 15 is 0 Å². The first-order valence-electron chi connectivity index (χ1n) is 7.22. The Morgan fingerprint density at radius 2 is 2.21 bits per heavy atom. The van der Waals surface area contributed by atoms with E-state index in [1.165, 1.54) is 24.0 Å². The summed E-state index contributed by atoms with van der Waals surface area (Å²) in [7, 11) is 0. The average Bonchev–Trinajstić information content (AvgIpc) is 3.16. The Balaban J connectivity index is 1.57. The predicted octanol–water partition coefficient (Wildman–Crippen LogP) is 2.54. The minimum Gasteiger partial charge on any atom is -0.493 e. The number of fused-ring (bicyclic) bond motifs is 1. The molecular weight excluding hydrogens is 236 g/mol. The van der Waals surface area contributed by atoms with Gasteiger partial charge in [-0.15, -0.1) is 0 Å². The van der Waals surface area contributed by atoms with Crippen LogP contribution >= 0.6 is 0 Å². The van der Waals surface area contributed by atoms with Crippen molar-refractivity contribution in [2.24, 2.45) is 0 Å². The van der Waals surface area contributed by atoms with E-state index < -0.39 is 0 Å². The lowest BCUT2D eigenvalue weighted by Gasteiger charge is -2.20. The molecule has 0 atom stereocenters. The molecule has 1 aliphatic carbocycles. The van der Waals surface area contributed by atoms with E-state index in [1.54, 1.807) is 0 Å². The highest BCUT2D eigenvalue weighted by molar-refractivity contribution is 5.39. The van der Waals surface area contributed by atoms with Gasteiger partial charge in [0.15, 0.2) is 0 Å². The van der Waals surface area contributed by atoms with Crippen molar-refractivity contribution in [1.82, 2.24) is 4.90 Å². The molecule has 1 heterocycles. The molecule has 100 valence electrons. The first kappa shape index (κ1) is 12.5.